The van der Waals surface area contributed by atoms with E-state index in [1.807, 2.05) is 0 Å². The molecule has 3 rings (SSSR count). The van der Waals surface area contributed by atoms with E-state index in [0.717, 1.165) is 19.5 Å². The fourth-order valence-electron chi connectivity index (χ4n) is 3.28. The van der Waals surface area contributed by atoms with E-state index in [-0.39, 0.29) is 11.8 Å². The van der Waals surface area contributed by atoms with Crippen LogP contribution in [0.1, 0.15) is 45.7 Å². The minimum atomic E-state index is -0.342. The highest BCUT2D eigenvalue weighted by molar-refractivity contribution is 6.31. The lowest BCUT2D eigenvalue weighted by Crippen LogP contribution is -2.33. The molecule has 0 aliphatic carbocycles. The van der Waals surface area contributed by atoms with Gasteiger partial charge in [0.25, 0.3) is 11.8 Å². The van der Waals surface area contributed by atoms with Gasteiger partial charge in [-0.1, -0.05) is 11.6 Å². The number of anilines is 1. The summed E-state index contributed by atoms with van der Waals surface area (Å²) in [6.07, 6.45) is 4.76. The van der Waals surface area contributed by atoms with Crippen LogP contribution in [0.5, 0.6) is 0 Å². The molecular formula is C20H24ClN3O3. The van der Waals surface area contributed by atoms with Crippen LogP contribution >= 0.6 is 11.6 Å². The third-order valence-electron chi connectivity index (χ3n) is 4.81. The van der Waals surface area contributed by atoms with Gasteiger partial charge in [0, 0.05) is 11.6 Å². The van der Waals surface area contributed by atoms with Crippen molar-refractivity contribution in [2.24, 2.45) is 5.92 Å². The lowest BCUT2D eigenvalue weighted by molar-refractivity contribution is 0.0951. The van der Waals surface area contributed by atoms with Crippen molar-refractivity contribution < 1.29 is 14.0 Å². The average molecular weight is 390 g/mol. The second-order valence-electron chi connectivity index (χ2n) is 6.79. The third kappa shape index (κ3) is 5.11. The summed E-state index contributed by atoms with van der Waals surface area (Å²) in [5.41, 5.74) is 1.19. The molecular weight excluding hydrogens is 366 g/mol. The molecule has 1 fully saturated rings. The van der Waals surface area contributed by atoms with Gasteiger partial charge < -0.3 is 20.4 Å². The Morgan fingerprint density at radius 1 is 1.26 bits per heavy atom. The molecule has 2 heterocycles. The molecule has 2 amide bonds. The molecule has 0 saturated carbocycles. The Hall–Kier alpha value is -2.31. The molecule has 144 valence electrons. The van der Waals surface area contributed by atoms with Crippen molar-refractivity contribution in [3.05, 3.63) is 52.4 Å². The highest BCUT2D eigenvalue weighted by Crippen LogP contribution is 2.23. The van der Waals surface area contributed by atoms with E-state index in [4.69, 9.17) is 16.0 Å². The number of halogens is 1. The van der Waals surface area contributed by atoms with E-state index in [0.29, 0.717) is 40.1 Å². The number of amides is 2. The van der Waals surface area contributed by atoms with Gasteiger partial charge in [0.15, 0.2) is 0 Å². The van der Waals surface area contributed by atoms with Gasteiger partial charge in [-0.3, -0.25) is 9.59 Å². The molecule has 2 aromatic rings. The molecule has 1 unspecified atom stereocenters. The van der Waals surface area contributed by atoms with Gasteiger partial charge in [0.1, 0.15) is 5.76 Å². The van der Waals surface area contributed by atoms with Gasteiger partial charge >= 0.3 is 0 Å². The van der Waals surface area contributed by atoms with Crippen LogP contribution in [0.25, 0.3) is 0 Å². The first-order chi connectivity index (χ1) is 13.0. The van der Waals surface area contributed by atoms with Gasteiger partial charge in [-0.25, -0.2) is 0 Å². The SMILES string of the molecule is Cc1occc1C(=O)Nc1cc(Cl)ccc1C(=O)NCCC1CCCNC1. The Labute approximate surface area is 163 Å². The minimum Gasteiger partial charge on any atom is -0.469 e. The number of carbonyl (C=O) groups excluding carboxylic acids is 2. The molecule has 1 aliphatic heterocycles. The van der Waals surface area contributed by atoms with E-state index in [2.05, 4.69) is 16.0 Å². The molecule has 1 saturated heterocycles. The van der Waals surface area contributed by atoms with E-state index >= 15 is 0 Å². The van der Waals surface area contributed by atoms with Crippen molar-refractivity contribution in [1.29, 1.82) is 0 Å². The van der Waals surface area contributed by atoms with E-state index < -0.39 is 0 Å². The second-order valence-corrected chi connectivity index (χ2v) is 7.23. The number of aryl methyl sites for hydroxylation is 1. The normalized spacial score (nSPS) is 16.7. The zero-order chi connectivity index (χ0) is 19.2. The third-order valence-corrected chi connectivity index (χ3v) is 5.05. The first-order valence-corrected chi connectivity index (χ1v) is 9.56. The second kappa shape index (κ2) is 9.06. The Balaban J connectivity index is 1.64. The predicted molar refractivity (Wildman–Crippen MR) is 105 cm³/mol. The minimum absolute atomic E-state index is 0.227. The van der Waals surface area contributed by atoms with Crippen molar-refractivity contribution in [2.45, 2.75) is 26.2 Å². The number of rotatable bonds is 6. The summed E-state index contributed by atoms with van der Waals surface area (Å²) < 4.78 is 5.16. The zero-order valence-corrected chi connectivity index (χ0v) is 16.1. The number of nitrogens with one attached hydrogen (secondary N) is 3. The van der Waals surface area contributed by atoms with Crippen LogP contribution in [0.2, 0.25) is 5.02 Å². The van der Waals surface area contributed by atoms with Crippen molar-refractivity contribution in [2.75, 3.05) is 25.0 Å². The largest absolute Gasteiger partial charge is 0.469 e. The molecule has 1 aliphatic rings. The topological polar surface area (TPSA) is 83.4 Å². The van der Waals surface area contributed by atoms with Crippen LogP contribution < -0.4 is 16.0 Å². The van der Waals surface area contributed by atoms with Crippen LogP contribution in [-0.2, 0) is 0 Å². The Morgan fingerprint density at radius 3 is 2.81 bits per heavy atom. The van der Waals surface area contributed by atoms with E-state index in [1.54, 1.807) is 31.2 Å². The molecule has 1 atom stereocenters. The molecule has 0 spiro atoms. The van der Waals surface area contributed by atoms with Gasteiger partial charge in [0.05, 0.1) is 23.1 Å². The lowest BCUT2D eigenvalue weighted by Gasteiger charge is -2.22. The maximum atomic E-state index is 12.6. The predicted octanol–water partition coefficient (Wildman–Crippen LogP) is 3.61. The molecule has 1 aromatic carbocycles. The van der Waals surface area contributed by atoms with Gasteiger partial charge in [-0.15, -0.1) is 0 Å². The van der Waals surface area contributed by atoms with Crippen LogP contribution in [0.15, 0.2) is 34.9 Å². The fraction of sp³-hybridized carbons (Fsp3) is 0.400. The van der Waals surface area contributed by atoms with Crippen molar-refractivity contribution in [1.82, 2.24) is 10.6 Å². The van der Waals surface area contributed by atoms with Crippen molar-refractivity contribution in [3.8, 4) is 0 Å². The smallest absolute Gasteiger partial charge is 0.259 e. The van der Waals surface area contributed by atoms with E-state index in [9.17, 15) is 9.59 Å². The quantitative estimate of drug-likeness (QED) is 0.704. The Morgan fingerprint density at radius 2 is 2.11 bits per heavy atom. The van der Waals surface area contributed by atoms with Crippen molar-refractivity contribution >= 4 is 29.1 Å². The number of furan rings is 1. The Bertz CT molecular complexity index is 813. The van der Waals surface area contributed by atoms with Gasteiger partial charge in [-0.2, -0.15) is 0 Å². The summed E-state index contributed by atoms with van der Waals surface area (Å²) in [7, 11) is 0. The number of carbonyl (C=O) groups is 2. The highest BCUT2D eigenvalue weighted by atomic mass is 35.5. The summed E-state index contributed by atoms with van der Waals surface area (Å²) in [6.45, 7) is 4.39. The first kappa shape index (κ1) is 19.5. The van der Waals surface area contributed by atoms with Gasteiger partial charge in [-0.05, 0) is 69.5 Å². The number of piperidine rings is 1. The van der Waals surface area contributed by atoms with Crippen LogP contribution in [0.3, 0.4) is 0 Å². The highest BCUT2D eigenvalue weighted by Gasteiger charge is 2.18. The summed E-state index contributed by atoms with van der Waals surface area (Å²) in [5.74, 6) is 0.537. The molecule has 7 heteroatoms. The molecule has 3 N–H and O–H groups in total. The summed E-state index contributed by atoms with van der Waals surface area (Å²) in [4.78, 5) is 25.1. The van der Waals surface area contributed by atoms with Crippen LogP contribution in [-0.4, -0.2) is 31.4 Å². The first-order valence-electron chi connectivity index (χ1n) is 9.18. The molecule has 6 nitrogen and oxygen atoms in total. The zero-order valence-electron chi connectivity index (χ0n) is 15.3. The summed E-state index contributed by atoms with van der Waals surface area (Å²) in [6, 6.07) is 6.43. The number of hydrogen-bond acceptors (Lipinski definition) is 4. The van der Waals surface area contributed by atoms with Gasteiger partial charge in [0.2, 0.25) is 0 Å². The summed E-state index contributed by atoms with van der Waals surface area (Å²) in [5, 5.41) is 9.53. The molecule has 0 radical (unpaired) electrons. The monoisotopic (exact) mass is 389 g/mol. The molecule has 1 aromatic heterocycles. The van der Waals surface area contributed by atoms with E-state index in [1.165, 1.54) is 19.1 Å². The summed E-state index contributed by atoms with van der Waals surface area (Å²) >= 11 is 6.06. The molecule has 0 bridgehead atoms. The van der Waals surface area contributed by atoms with Crippen LogP contribution in [0.4, 0.5) is 5.69 Å². The Kier molecular flexibility index (Phi) is 6.53. The fourth-order valence-corrected chi connectivity index (χ4v) is 3.46. The number of benzene rings is 1. The lowest BCUT2D eigenvalue weighted by atomic mass is 9.96. The molecule has 27 heavy (non-hydrogen) atoms. The van der Waals surface area contributed by atoms with Crippen LogP contribution in [0, 0.1) is 12.8 Å². The average Bonchev–Trinajstić information content (AvgIpc) is 3.09. The standard InChI is InChI=1S/C20H24ClN3O3/c1-13-16(7-10-27-13)20(26)24-18-11-15(21)4-5-17(18)19(25)23-9-6-14-3-2-8-22-12-14/h4-5,7,10-11,14,22H,2-3,6,8-9,12H2,1H3,(H,23,25)(H,24,26). The van der Waals surface area contributed by atoms with Crippen molar-refractivity contribution in [3.63, 3.8) is 0 Å². The maximum Gasteiger partial charge on any atom is 0.259 e. The maximum absolute atomic E-state index is 12.6. The number of hydrogen-bond donors (Lipinski definition) is 3.